The van der Waals surface area contributed by atoms with Gasteiger partial charge >= 0.3 is 5.97 Å². The highest BCUT2D eigenvalue weighted by molar-refractivity contribution is 6.33. The molecule has 1 N–H and O–H groups in total. The monoisotopic (exact) mass is 295 g/mol. The first-order valence-corrected chi connectivity index (χ1v) is 7.38. The number of ether oxygens (including phenoxy) is 1. The summed E-state index contributed by atoms with van der Waals surface area (Å²) in [6.07, 6.45) is 3.64. The maximum Gasteiger partial charge on any atom is 0.331 e. The fraction of sp³-hybridized carbons (Fsp3) is 0.562. The van der Waals surface area contributed by atoms with Gasteiger partial charge in [-0.15, -0.1) is 0 Å². The molecule has 0 saturated heterocycles. The summed E-state index contributed by atoms with van der Waals surface area (Å²) in [4.78, 5) is 12.4. The zero-order valence-electron chi connectivity index (χ0n) is 12.3. The molecule has 1 aliphatic rings. The fourth-order valence-electron chi connectivity index (χ4n) is 3.21. The summed E-state index contributed by atoms with van der Waals surface area (Å²) in [6.45, 7) is 4.39. The molecule has 1 fully saturated rings. The van der Waals surface area contributed by atoms with E-state index in [1.807, 2.05) is 24.3 Å². The third-order valence-corrected chi connectivity index (χ3v) is 4.39. The van der Waals surface area contributed by atoms with Crippen LogP contribution in [0.3, 0.4) is 0 Å². The minimum Gasteiger partial charge on any atom is -0.467 e. The molecular weight excluding hydrogens is 274 g/mol. The number of nitrogens with one attached hydrogen (secondary N) is 1. The molecule has 1 saturated carbocycles. The first-order chi connectivity index (χ1) is 9.38. The fourth-order valence-corrected chi connectivity index (χ4v) is 3.39. The van der Waals surface area contributed by atoms with Crippen LogP contribution < -0.4 is 5.32 Å². The van der Waals surface area contributed by atoms with E-state index >= 15 is 0 Å². The third kappa shape index (κ3) is 3.09. The molecule has 1 aromatic rings. The van der Waals surface area contributed by atoms with Gasteiger partial charge in [-0.05, 0) is 43.2 Å². The Kier molecular flexibility index (Phi) is 4.28. The van der Waals surface area contributed by atoms with Gasteiger partial charge in [-0.1, -0.05) is 37.6 Å². The molecular formula is C16H22ClNO2. The van der Waals surface area contributed by atoms with Crippen molar-refractivity contribution in [1.82, 2.24) is 0 Å². The lowest BCUT2D eigenvalue weighted by atomic mass is 9.68. The first-order valence-electron chi connectivity index (χ1n) is 7.00. The lowest BCUT2D eigenvalue weighted by Gasteiger charge is -2.43. The Balaban J connectivity index is 2.33. The maximum atomic E-state index is 12.4. The number of esters is 1. The van der Waals surface area contributed by atoms with Crippen molar-refractivity contribution in [2.75, 3.05) is 12.4 Å². The Bertz CT molecular complexity index is 501. The van der Waals surface area contributed by atoms with Gasteiger partial charge in [-0.2, -0.15) is 0 Å². The topological polar surface area (TPSA) is 38.3 Å². The maximum absolute atomic E-state index is 12.4. The van der Waals surface area contributed by atoms with Gasteiger partial charge in [0.2, 0.25) is 0 Å². The van der Waals surface area contributed by atoms with Gasteiger partial charge in [0.1, 0.15) is 5.54 Å². The van der Waals surface area contributed by atoms with Gasteiger partial charge in [0.15, 0.2) is 0 Å². The van der Waals surface area contributed by atoms with Gasteiger partial charge in [0, 0.05) is 0 Å². The highest BCUT2D eigenvalue weighted by Gasteiger charge is 2.46. The molecule has 0 amide bonds. The second kappa shape index (κ2) is 5.65. The third-order valence-electron chi connectivity index (χ3n) is 4.06. The van der Waals surface area contributed by atoms with E-state index in [0.29, 0.717) is 5.02 Å². The predicted molar refractivity (Wildman–Crippen MR) is 82.1 cm³/mol. The summed E-state index contributed by atoms with van der Waals surface area (Å²) in [5.41, 5.74) is 0.222. The van der Waals surface area contributed by atoms with E-state index in [1.54, 1.807) is 0 Å². The average molecular weight is 296 g/mol. The standard InChI is InChI=1S/C16H22ClNO2/c1-15(2)9-6-10-16(11-15,14(19)20-3)18-13-8-5-4-7-12(13)17/h4-5,7-8,18H,6,9-11H2,1-3H3. The smallest absolute Gasteiger partial charge is 0.331 e. The normalized spacial score (nSPS) is 25.0. The Morgan fingerprint density at radius 2 is 2.00 bits per heavy atom. The van der Waals surface area contributed by atoms with Crippen LogP contribution in [0.2, 0.25) is 5.02 Å². The number of carbonyl (C=O) groups excluding carboxylic acids is 1. The molecule has 2 rings (SSSR count). The van der Waals surface area contributed by atoms with Crippen molar-refractivity contribution in [2.45, 2.75) is 45.1 Å². The highest BCUT2D eigenvalue weighted by atomic mass is 35.5. The zero-order chi connectivity index (χ0) is 14.8. The molecule has 0 spiro atoms. The van der Waals surface area contributed by atoms with Gasteiger partial charge in [0.05, 0.1) is 17.8 Å². The van der Waals surface area contributed by atoms with Crippen LogP contribution in [0, 0.1) is 5.41 Å². The van der Waals surface area contributed by atoms with Crippen molar-refractivity contribution in [3.8, 4) is 0 Å². The Morgan fingerprint density at radius 3 is 2.60 bits per heavy atom. The Morgan fingerprint density at radius 1 is 1.30 bits per heavy atom. The summed E-state index contributed by atoms with van der Waals surface area (Å²) >= 11 is 6.21. The molecule has 1 aliphatic carbocycles. The quantitative estimate of drug-likeness (QED) is 0.847. The molecule has 3 nitrogen and oxygen atoms in total. The Hall–Kier alpha value is -1.22. The molecule has 4 heteroatoms. The van der Waals surface area contributed by atoms with Crippen LogP contribution in [0.25, 0.3) is 0 Å². The van der Waals surface area contributed by atoms with Gasteiger partial charge in [-0.3, -0.25) is 0 Å². The van der Waals surface area contributed by atoms with Crippen molar-refractivity contribution < 1.29 is 9.53 Å². The van der Waals surface area contributed by atoms with Crippen LogP contribution in [0.1, 0.15) is 39.5 Å². The Labute approximate surface area is 125 Å². The van der Waals surface area contributed by atoms with Crippen LogP contribution in [-0.2, 0) is 9.53 Å². The molecule has 110 valence electrons. The lowest BCUT2D eigenvalue weighted by Crippen LogP contribution is -2.52. The van der Waals surface area contributed by atoms with Crippen molar-refractivity contribution in [3.63, 3.8) is 0 Å². The molecule has 0 aromatic heterocycles. The number of halogens is 1. The summed E-state index contributed by atoms with van der Waals surface area (Å²) in [5, 5.41) is 3.99. The molecule has 0 aliphatic heterocycles. The second-order valence-corrected chi connectivity index (χ2v) is 6.78. The first kappa shape index (κ1) is 15.2. The van der Waals surface area contributed by atoms with Crippen LogP contribution in [0.5, 0.6) is 0 Å². The van der Waals surface area contributed by atoms with Crippen molar-refractivity contribution >= 4 is 23.3 Å². The van der Waals surface area contributed by atoms with Crippen molar-refractivity contribution in [2.24, 2.45) is 5.41 Å². The summed E-state index contributed by atoms with van der Waals surface area (Å²) in [7, 11) is 1.44. The minimum atomic E-state index is -0.679. The van der Waals surface area contributed by atoms with E-state index in [2.05, 4.69) is 19.2 Å². The molecule has 1 aromatic carbocycles. The van der Waals surface area contributed by atoms with Crippen LogP contribution >= 0.6 is 11.6 Å². The summed E-state index contributed by atoms with van der Waals surface area (Å²) in [5.74, 6) is -0.204. The van der Waals surface area contributed by atoms with E-state index in [4.69, 9.17) is 16.3 Å². The number of rotatable bonds is 3. The minimum absolute atomic E-state index is 0.112. The summed E-state index contributed by atoms with van der Waals surface area (Å²) < 4.78 is 5.05. The molecule has 1 atom stereocenters. The largest absolute Gasteiger partial charge is 0.467 e. The van der Waals surface area contributed by atoms with E-state index in [1.165, 1.54) is 7.11 Å². The van der Waals surface area contributed by atoms with Gasteiger partial charge in [-0.25, -0.2) is 4.79 Å². The molecule has 0 heterocycles. The number of methoxy groups -OCH3 is 1. The number of benzene rings is 1. The number of anilines is 1. The average Bonchev–Trinajstić information content (AvgIpc) is 2.39. The van der Waals surface area contributed by atoms with Crippen molar-refractivity contribution in [3.05, 3.63) is 29.3 Å². The summed E-state index contributed by atoms with van der Waals surface area (Å²) in [6, 6.07) is 7.51. The molecule has 1 unspecified atom stereocenters. The molecule has 0 radical (unpaired) electrons. The number of carbonyl (C=O) groups is 1. The van der Waals surface area contributed by atoms with E-state index in [0.717, 1.165) is 31.4 Å². The number of hydrogen-bond donors (Lipinski definition) is 1. The second-order valence-electron chi connectivity index (χ2n) is 6.37. The number of para-hydroxylation sites is 1. The van der Waals surface area contributed by atoms with E-state index in [-0.39, 0.29) is 11.4 Å². The molecule has 20 heavy (non-hydrogen) atoms. The van der Waals surface area contributed by atoms with E-state index in [9.17, 15) is 4.79 Å². The SMILES string of the molecule is COC(=O)C1(Nc2ccccc2Cl)CCCC(C)(C)C1. The van der Waals surface area contributed by atoms with Crippen molar-refractivity contribution in [1.29, 1.82) is 0 Å². The molecule has 0 bridgehead atoms. The van der Waals surface area contributed by atoms with E-state index < -0.39 is 5.54 Å². The highest BCUT2D eigenvalue weighted by Crippen LogP contribution is 2.43. The van der Waals surface area contributed by atoms with Gasteiger partial charge in [0.25, 0.3) is 0 Å². The van der Waals surface area contributed by atoms with Crippen LogP contribution in [0.15, 0.2) is 24.3 Å². The van der Waals surface area contributed by atoms with Crippen LogP contribution in [-0.4, -0.2) is 18.6 Å². The zero-order valence-corrected chi connectivity index (χ0v) is 13.1. The predicted octanol–water partition coefficient (Wildman–Crippen LogP) is 4.26. The number of hydrogen-bond acceptors (Lipinski definition) is 3. The van der Waals surface area contributed by atoms with Gasteiger partial charge < -0.3 is 10.1 Å². The lowest BCUT2D eigenvalue weighted by molar-refractivity contribution is -0.148. The van der Waals surface area contributed by atoms with Crippen LogP contribution in [0.4, 0.5) is 5.69 Å².